The van der Waals surface area contributed by atoms with E-state index >= 15 is 0 Å². The Balaban J connectivity index is 1.40. The van der Waals surface area contributed by atoms with Crippen molar-refractivity contribution < 1.29 is 4.79 Å². The molecular formula is C30H30N2O. The van der Waals surface area contributed by atoms with E-state index in [9.17, 15) is 4.79 Å². The first-order valence-corrected chi connectivity index (χ1v) is 12.1. The molecule has 0 saturated carbocycles. The number of rotatable bonds is 6. The Morgan fingerprint density at radius 2 is 1.42 bits per heavy atom. The molecular weight excluding hydrogens is 404 g/mol. The fraction of sp³-hybridized carbons (Fsp3) is 0.267. The number of para-hydroxylation sites is 1. The van der Waals surface area contributed by atoms with Crippen molar-refractivity contribution in [3.63, 3.8) is 0 Å². The number of pyridine rings is 1. The maximum absolute atomic E-state index is 13.6. The fourth-order valence-electron chi connectivity index (χ4n) is 5.12. The Morgan fingerprint density at radius 1 is 0.788 bits per heavy atom. The smallest absolute Gasteiger partial charge is 0.252 e. The van der Waals surface area contributed by atoms with Crippen LogP contribution in [-0.2, 0) is 12.8 Å². The minimum Gasteiger partial charge on any atom is -0.352 e. The van der Waals surface area contributed by atoms with Gasteiger partial charge in [0.1, 0.15) is 0 Å². The van der Waals surface area contributed by atoms with Gasteiger partial charge in [-0.15, -0.1) is 0 Å². The molecule has 33 heavy (non-hydrogen) atoms. The Kier molecular flexibility index (Phi) is 6.48. The van der Waals surface area contributed by atoms with E-state index in [0.29, 0.717) is 6.54 Å². The number of hydrogen-bond donors (Lipinski definition) is 1. The molecule has 0 unspecified atom stereocenters. The second-order valence-electron chi connectivity index (χ2n) is 8.91. The molecule has 0 radical (unpaired) electrons. The van der Waals surface area contributed by atoms with E-state index in [1.165, 1.54) is 17.5 Å². The zero-order valence-electron chi connectivity index (χ0n) is 19.0. The monoisotopic (exact) mass is 434 g/mol. The first-order chi connectivity index (χ1) is 16.3. The van der Waals surface area contributed by atoms with Crippen molar-refractivity contribution in [3.8, 4) is 0 Å². The summed E-state index contributed by atoms with van der Waals surface area (Å²) in [5.74, 6) is 0.283. The molecule has 1 aromatic heterocycles. The van der Waals surface area contributed by atoms with Crippen molar-refractivity contribution in [3.05, 3.63) is 113 Å². The van der Waals surface area contributed by atoms with Gasteiger partial charge in [0, 0.05) is 23.5 Å². The molecule has 1 aliphatic rings. The van der Waals surface area contributed by atoms with Crippen molar-refractivity contribution in [2.24, 2.45) is 0 Å². The van der Waals surface area contributed by atoms with Crippen molar-refractivity contribution in [1.29, 1.82) is 0 Å². The van der Waals surface area contributed by atoms with Crippen LogP contribution >= 0.6 is 0 Å². The van der Waals surface area contributed by atoms with E-state index in [-0.39, 0.29) is 11.8 Å². The van der Waals surface area contributed by atoms with Gasteiger partial charge in [0.25, 0.3) is 5.91 Å². The Labute approximate surface area is 195 Å². The van der Waals surface area contributed by atoms with Gasteiger partial charge < -0.3 is 5.32 Å². The van der Waals surface area contributed by atoms with Gasteiger partial charge in [-0.2, -0.15) is 0 Å². The predicted octanol–water partition coefficient (Wildman–Crippen LogP) is 6.46. The molecule has 0 saturated heterocycles. The molecule has 0 atom stereocenters. The number of aryl methyl sites for hydroxylation is 1. The molecule has 0 aliphatic heterocycles. The summed E-state index contributed by atoms with van der Waals surface area (Å²) < 4.78 is 0. The molecule has 0 bridgehead atoms. The van der Waals surface area contributed by atoms with Crippen LogP contribution in [0, 0.1) is 0 Å². The lowest BCUT2D eigenvalue weighted by atomic mass is 9.88. The summed E-state index contributed by atoms with van der Waals surface area (Å²) in [5, 5.41) is 4.24. The van der Waals surface area contributed by atoms with Crippen LogP contribution in [0.4, 0.5) is 0 Å². The van der Waals surface area contributed by atoms with Gasteiger partial charge in [0.15, 0.2) is 0 Å². The molecule has 3 heteroatoms. The predicted molar refractivity (Wildman–Crippen MR) is 135 cm³/mol. The van der Waals surface area contributed by atoms with Crippen LogP contribution in [0.3, 0.4) is 0 Å². The van der Waals surface area contributed by atoms with E-state index in [0.717, 1.165) is 59.8 Å². The molecule has 1 heterocycles. The van der Waals surface area contributed by atoms with Gasteiger partial charge >= 0.3 is 0 Å². The summed E-state index contributed by atoms with van der Waals surface area (Å²) in [5.41, 5.74) is 6.60. The van der Waals surface area contributed by atoms with E-state index in [2.05, 4.69) is 53.8 Å². The Hall–Kier alpha value is -3.46. The van der Waals surface area contributed by atoms with E-state index in [1.54, 1.807) is 0 Å². The molecule has 166 valence electrons. The number of benzene rings is 3. The Bertz CT molecular complexity index is 1190. The number of nitrogens with zero attached hydrogens (tertiary/aromatic N) is 1. The highest BCUT2D eigenvalue weighted by atomic mass is 16.1. The van der Waals surface area contributed by atoms with Crippen molar-refractivity contribution in [2.45, 2.75) is 44.4 Å². The normalized spacial score (nSPS) is 13.5. The van der Waals surface area contributed by atoms with Crippen LogP contribution in [0.15, 0.2) is 84.9 Å². The maximum atomic E-state index is 13.6. The zero-order valence-corrected chi connectivity index (χ0v) is 19.0. The van der Waals surface area contributed by atoms with Crippen molar-refractivity contribution in [2.75, 3.05) is 6.54 Å². The fourth-order valence-corrected chi connectivity index (χ4v) is 5.12. The second-order valence-corrected chi connectivity index (χ2v) is 8.91. The lowest BCUT2D eigenvalue weighted by Crippen LogP contribution is -2.27. The van der Waals surface area contributed by atoms with Crippen LogP contribution in [0.25, 0.3) is 10.9 Å². The zero-order chi connectivity index (χ0) is 22.5. The molecule has 0 spiro atoms. The molecule has 3 nitrogen and oxygen atoms in total. The topological polar surface area (TPSA) is 42.0 Å². The van der Waals surface area contributed by atoms with Crippen LogP contribution in [-0.4, -0.2) is 17.4 Å². The van der Waals surface area contributed by atoms with Crippen molar-refractivity contribution in [1.82, 2.24) is 10.3 Å². The first-order valence-electron chi connectivity index (χ1n) is 12.1. The van der Waals surface area contributed by atoms with Gasteiger partial charge in [-0.05, 0) is 54.9 Å². The Morgan fingerprint density at radius 3 is 2.15 bits per heavy atom. The average Bonchev–Trinajstić information content (AvgIpc) is 3.11. The number of hydrogen-bond acceptors (Lipinski definition) is 2. The summed E-state index contributed by atoms with van der Waals surface area (Å²) in [7, 11) is 0. The van der Waals surface area contributed by atoms with E-state index < -0.39 is 0 Å². The van der Waals surface area contributed by atoms with Gasteiger partial charge in [-0.1, -0.05) is 85.3 Å². The molecule has 3 aromatic carbocycles. The number of carbonyl (C=O) groups is 1. The number of nitrogens with one attached hydrogen (secondary N) is 1. The number of carbonyl (C=O) groups excluding carboxylic acids is 1. The minimum atomic E-state index is 0.0339. The number of fused-ring (bicyclic) bond motifs is 2. The third-order valence-electron chi connectivity index (χ3n) is 6.77. The van der Waals surface area contributed by atoms with Gasteiger partial charge in [-0.25, -0.2) is 0 Å². The molecule has 4 aromatic rings. The first kappa shape index (κ1) is 21.4. The van der Waals surface area contributed by atoms with E-state index in [4.69, 9.17) is 4.98 Å². The minimum absolute atomic E-state index is 0.0339. The SMILES string of the molecule is O=C(NCCC(c1ccccc1)c1ccccc1)c1c2c(nc3ccccc13)CCCCC2. The quantitative estimate of drug-likeness (QED) is 0.354. The third kappa shape index (κ3) is 4.68. The summed E-state index contributed by atoms with van der Waals surface area (Å²) in [6, 6.07) is 29.2. The average molecular weight is 435 g/mol. The van der Waals surface area contributed by atoms with Crippen LogP contribution in [0.5, 0.6) is 0 Å². The van der Waals surface area contributed by atoms with Gasteiger partial charge in [-0.3, -0.25) is 9.78 Å². The number of aromatic nitrogens is 1. The summed E-state index contributed by atoms with van der Waals surface area (Å²) >= 11 is 0. The summed E-state index contributed by atoms with van der Waals surface area (Å²) in [4.78, 5) is 18.5. The van der Waals surface area contributed by atoms with E-state index in [1.807, 2.05) is 36.4 Å². The van der Waals surface area contributed by atoms with Crippen LogP contribution < -0.4 is 5.32 Å². The summed E-state index contributed by atoms with van der Waals surface area (Å²) in [6.07, 6.45) is 6.22. The largest absolute Gasteiger partial charge is 0.352 e. The highest BCUT2D eigenvalue weighted by molar-refractivity contribution is 6.07. The highest BCUT2D eigenvalue weighted by Gasteiger charge is 2.22. The highest BCUT2D eigenvalue weighted by Crippen LogP contribution is 2.30. The lowest BCUT2D eigenvalue weighted by molar-refractivity contribution is 0.0953. The molecule has 1 N–H and O–H groups in total. The summed E-state index contributed by atoms with van der Waals surface area (Å²) in [6.45, 7) is 0.624. The standard InChI is InChI=1S/C30H30N2O/c33-30(29-25-16-8-3-9-18-27(25)32-28-19-11-10-17-26(28)29)31-21-20-24(22-12-4-1-5-13-22)23-14-6-2-7-15-23/h1-2,4-7,10-15,17,19,24H,3,8-9,16,18,20-21H2,(H,31,33). The van der Waals surface area contributed by atoms with Gasteiger partial charge in [0.05, 0.1) is 11.1 Å². The van der Waals surface area contributed by atoms with Crippen LogP contribution in [0.2, 0.25) is 0 Å². The van der Waals surface area contributed by atoms with Gasteiger partial charge in [0.2, 0.25) is 0 Å². The molecule has 5 rings (SSSR count). The molecule has 0 fully saturated rings. The van der Waals surface area contributed by atoms with Crippen molar-refractivity contribution >= 4 is 16.8 Å². The van der Waals surface area contributed by atoms with Crippen LogP contribution in [0.1, 0.15) is 64.3 Å². The second kappa shape index (κ2) is 9.99. The number of amides is 1. The molecule has 1 aliphatic carbocycles. The lowest BCUT2D eigenvalue weighted by Gasteiger charge is -2.19. The third-order valence-corrected chi connectivity index (χ3v) is 6.77. The molecule has 1 amide bonds. The maximum Gasteiger partial charge on any atom is 0.252 e.